The van der Waals surface area contributed by atoms with Crippen LogP contribution >= 0.6 is 0 Å². The molecule has 0 saturated heterocycles. The van der Waals surface area contributed by atoms with Crippen LogP contribution in [0.4, 0.5) is 10.1 Å². The van der Waals surface area contributed by atoms with Crippen LogP contribution in [0.25, 0.3) is 16.8 Å². The second-order valence-corrected chi connectivity index (χ2v) is 9.77. The van der Waals surface area contributed by atoms with Crippen molar-refractivity contribution in [2.24, 2.45) is 0 Å². The highest BCUT2D eigenvalue weighted by Gasteiger charge is 2.26. The monoisotopic (exact) mass is 496 g/mol. The van der Waals surface area contributed by atoms with Gasteiger partial charge in [-0.1, -0.05) is 30.3 Å². The number of aromatic nitrogens is 2. The number of fused-ring (bicyclic) bond motifs is 1. The number of sulfonamides is 1. The molecule has 0 unspecified atom stereocenters. The Morgan fingerprint density at radius 3 is 2.43 bits per heavy atom. The summed E-state index contributed by atoms with van der Waals surface area (Å²) in [5.74, 6) is -0.523. The molecule has 2 aromatic heterocycles. The van der Waals surface area contributed by atoms with E-state index in [2.05, 4.69) is 10.4 Å². The Labute approximate surface area is 203 Å². The molecule has 1 amide bonds. The van der Waals surface area contributed by atoms with Crippen LogP contribution in [-0.4, -0.2) is 43.8 Å². The molecule has 182 valence electrons. The van der Waals surface area contributed by atoms with E-state index in [4.69, 9.17) is 4.74 Å². The normalized spacial score (nSPS) is 11.4. The van der Waals surface area contributed by atoms with E-state index in [1.807, 2.05) is 30.3 Å². The number of rotatable bonds is 8. The fraction of sp³-hybridized carbons (Fsp3) is 0.200. The van der Waals surface area contributed by atoms with Gasteiger partial charge in [0.25, 0.3) is 5.91 Å². The Balaban J connectivity index is 1.94. The molecule has 0 saturated carbocycles. The van der Waals surface area contributed by atoms with Gasteiger partial charge in [-0.3, -0.25) is 9.10 Å². The van der Waals surface area contributed by atoms with E-state index in [9.17, 15) is 17.6 Å². The lowest BCUT2D eigenvalue weighted by Gasteiger charge is -2.23. The van der Waals surface area contributed by atoms with E-state index in [1.165, 1.54) is 46.3 Å². The first-order chi connectivity index (χ1) is 16.7. The van der Waals surface area contributed by atoms with E-state index in [0.29, 0.717) is 16.8 Å². The molecule has 2 heterocycles. The predicted molar refractivity (Wildman–Crippen MR) is 133 cm³/mol. The number of anilines is 1. The summed E-state index contributed by atoms with van der Waals surface area (Å²) in [4.78, 5) is 12.9. The number of benzene rings is 2. The van der Waals surface area contributed by atoms with Crippen molar-refractivity contribution in [3.8, 4) is 17.0 Å². The molecule has 1 N–H and O–H groups in total. The maximum absolute atomic E-state index is 13.5. The average molecular weight is 497 g/mol. The van der Waals surface area contributed by atoms with Gasteiger partial charge in [-0.25, -0.2) is 17.3 Å². The van der Waals surface area contributed by atoms with Gasteiger partial charge in [0.1, 0.15) is 29.6 Å². The number of carbonyl (C=O) groups is 1. The van der Waals surface area contributed by atoms with Crippen LogP contribution in [0.2, 0.25) is 0 Å². The van der Waals surface area contributed by atoms with Crippen LogP contribution in [0.15, 0.2) is 66.9 Å². The zero-order chi connectivity index (χ0) is 25.2. The fourth-order valence-corrected chi connectivity index (χ4v) is 4.81. The standard InChI is InChI=1S/C25H25FN4O4S/c1-4-30(35(3,32)33)21-15-29-20(14-22(21)34-16-17-8-6-5-7-9-17)23(25(31)27-2)24(28-29)18-10-12-19(26)13-11-18/h5-15H,4,16H2,1-3H3,(H,27,31). The summed E-state index contributed by atoms with van der Waals surface area (Å²) in [7, 11) is -2.13. The molecule has 0 bridgehead atoms. The van der Waals surface area contributed by atoms with Crippen LogP contribution in [0.1, 0.15) is 22.8 Å². The van der Waals surface area contributed by atoms with Crippen molar-refractivity contribution in [1.29, 1.82) is 0 Å². The molecule has 10 heteroatoms. The largest absolute Gasteiger partial charge is 0.487 e. The van der Waals surface area contributed by atoms with Crippen LogP contribution < -0.4 is 14.4 Å². The molecule has 2 aromatic carbocycles. The first-order valence-corrected chi connectivity index (χ1v) is 12.8. The third-order valence-electron chi connectivity index (χ3n) is 5.48. The van der Waals surface area contributed by atoms with Crippen LogP contribution in [0.5, 0.6) is 5.75 Å². The molecule has 0 radical (unpaired) electrons. The number of amides is 1. The second kappa shape index (κ2) is 9.75. The molecule has 0 aliphatic carbocycles. The van der Waals surface area contributed by atoms with Gasteiger partial charge in [0, 0.05) is 25.2 Å². The van der Waals surface area contributed by atoms with E-state index in [0.717, 1.165) is 11.8 Å². The Bertz CT molecular complexity index is 1470. The number of nitrogens with zero attached hydrogens (tertiary/aromatic N) is 3. The molecule has 0 aliphatic rings. The number of hydrogen-bond donors (Lipinski definition) is 1. The quantitative estimate of drug-likeness (QED) is 0.400. The van der Waals surface area contributed by atoms with Crippen LogP contribution in [-0.2, 0) is 16.6 Å². The average Bonchev–Trinajstić information content (AvgIpc) is 3.21. The van der Waals surface area contributed by atoms with Crippen molar-refractivity contribution in [3.63, 3.8) is 0 Å². The summed E-state index contributed by atoms with van der Waals surface area (Å²) in [5.41, 5.74) is 2.73. The Kier molecular flexibility index (Phi) is 6.74. The van der Waals surface area contributed by atoms with Crippen LogP contribution in [0, 0.1) is 5.82 Å². The lowest BCUT2D eigenvalue weighted by atomic mass is 10.1. The van der Waals surface area contributed by atoms with Gasteiger partial charge < -0.3 is 10.1 Å². The van der Waals surface area contributed by atoms with E-state index in [1.54, 1.807) is 13.0 Å². The first-order valence-electron chi connectivity index (χ1n) is 10.9. The molecule has 35 heavy (non-hydrogen) atoms. The van der Waals surface area contributed by atoms with Gasteiger partial charge >= 0.3 is 0 Å². The summed E-state index contributed by atoms with van der Waals surface area (Å²) in [6, 6.07) is 16.7. The van der Waals surface area contributed by atoms with Gasteiger partial charge in [0.2, 0.25) is 10.0 Å². The zero-order valence-corrected chi connectivity index (χ0v) is 20.3. The number of ether oxygens (including phenoxy) is 1. The molecule has 4 rings (SSSR count). The van der Waals surface area contributed by atoms with E-state index < -0.39 is 21.7 Å². The van der Waals surface area contributed by atoms with Crippen molar-refractivity contribution in [3.05, 3.63) is 83.8 Å². The number of hydrogen-bond acceptors (Lipinski definition) is 5. The molecule has 0 atom stereocenters. The third kappa shape index (κ3) is 4.97. The lowest BCUT2D eigenvalue weighted by molar-refractivity contribution is 0.0965. The summed E-state index contributed by atoms with van der Waals surface area (Å²) in [6.45, 7) is 2.08. The number of pyridine rings is 1. The molecule has 0 spiro atoms. The van der Waals surface area contributed by atoms with Gasteiger partial charge in [0.05, 0.1) is 23.5 Å². The van der Waals surface area contributed by atoms with Crippen molar-refractivity contribution in [2.45, 2.75) is 13.5 Å². The van der Waals surface area contributed by atoms with Gasteiger partial charge in [-0.15, -0.1) is 0 Å². The van der Waals surface area contributed by atoms with Crippen LogP contribution in [0.3, 0.4) is 0 Å². The molecule has 4 aromatic rings. The van der Waals surface area contributed by atoms with Gasteiger partial charge in [0.15, 0.2) is 0 Å². The SMILES string of the molecule is CCN(c1cn2nc(-c3ccc(F)cc3)c(C(=O)NC)c2cc1OCc1ccccc1)S(C)(=O)=O. The fourth-order valence-electron chi connectivity index (χ4n) is 3.84. The highest BCUT2D eigenvalue weighted by atomic mass is 32.2. The third-order valence-corrected chi connectivity index (χ3v) is 6.73. The molecule has 8 nitrogen and oxygen atoms in total. The van der Waals surface area contributed by atoms with Crippen molar-refractivity contribution in [2.75, 3.05) is 24.2 Å². The van der Waals surface area contributed by atoms with Gasteiger partial charge in [-0.2, -0.15) is 5.10 Å². The predicted octanol–water partition coefficient (Wildman–Crippen LogP) is 3.86. The minimum Gasteiger partial charge on any atom is -0.487 e. The minimum atomic E-state index is -3.63. The summed E-state index contributed by atoms with van der Waals surface area (Å²) in [6.07, 6.45) is 2.64. The Morgan fingerprint density at radius 1 is 1.14 bits per heavy atom. The van der Waals surface area contributed by atoms with Crippen molar-refractivity contribution in [1.82, 2.24) is 14.9 Å². The maximum Gasteiger partial charge on any atom is 0.255 e. The summed E-state index contributed by atoms with van der Waals surface area (Å²) in [5, 5.41) is 7.17. The van der Waals surface area contributed by atoms with Crippen molar-refractivity contribution < 1.29 is 22.3 Å². The number of carbonyl (C=O) groups excluding carboxylic acids is 1. The van der Waals surface area contributed by atoms with Gasteiger partial charge in [-0.05, 0) is 36.8 Å². The zero-order valence-electron chi connectivity index (χ0n) is 19.5. The van der Waals surface area contributed by atoms with E-state index >= 15 is 0 Å². The molecule has 0 fully saturated rings. The summed E-state index contributed by atoms with van der Waals surface area (Å²) < 4.78 is 47.4. The topological polar surface area (TPSA) is 93.0 Å². The number of halogens is 1. The smallest absolute Gasteiger partial charge is 0.255 e. The highest BCUT2D eigenvalue weighted by molar-refractivity contribution is 7.92. The first kappa shape index (κ1) is 24.2. The van der Waals surface area contributed by atoms with Crippen molar-refractivity contribution >= 4 is 27.1 Å². The lowest BCUT2D eigenvalue weighted by Crippen LogP contribution is -2.30. The molecule has 0 aliphatic heterocycles. The Hall–Kier alpha value is -3.92. The molecular formula is C25H25FN4O4S. The highest BCUT2D eigenvalue weighted by Crippen LogP contribution is 2.36. The summed E-state index contributed by atoms with van der Waals surface area (Å²) >= 11 is 0. The minimum absolute atomic E-state index is 0.167. The van der Waals surface area contributed by atoms with E-state index in [-0.39, 0.29) is 30.2 Å². The Morgan fingerprint density at radius 2 is 1.83 bits per heavy atom. The molecular weight excluding hydrogens is 471 g/mol. The maximum atomic E-state index is 13.5. The number of nitrogens with one attached hydrogen (secondary N) is 1. The second-order valence-electron chi connectivity index (χ2n) is 7.86.